The zero-order valence-corrected chi connectivity index (χ0v) is 19.1. The van der Waals surface area contributed by atoms with E-state index in [-0.39, 0.29) is 16.5 Å². The third-order valence-corrected chi connectivity index (χ3v) is 6.32. The maximum absolute atomic E-state index is 12.1. The summed E-state index contributed by atoms with van der Waals surface area (Å²) in [6.45, 7) is 4.40. The van der Waals surface area contributed by atoms with Crippen LogP contribution in [0.1, 0.15) is 25.0 Å². The lowest BCUT2D eigenvalue weighted by molar-refractivity contribution is -0.384. The molecule has 4 rings (SSSR count). The van der Waals surface area contributed by atoms with Crippen LogP contribution in [0.15, 0.2) is 47.1 Å². The van der Waals surface area contributed by atoms with Crippen LogP contribution in [0.5, 0.6) is 0 Å². The molecule has 0 aliphatic carbocycles. The van der Waals surface area contributed by atoms with E-state index in [0.29, 0.717) is 42.7 Å². The Morgan fingerprint density at radius 1 is 1.06 bits per heavy atom. The third kappa shape index (κ3) is 5.70. The number of nitrogens with one attached hydrogen (secondary N) is 1. The minimum Gasteiger partial charge on any atom is -0.465 e. The second-order valence-electron chi connectivity index (χ2n) is 8.10. The van der Waals surface area contributed by atoms with Crippen LogP contribution in [0.4, 0.5) is 17.1 Å². The Labute approximate surface area is 197 Å². The molecule has 2 aromatic rings. The van der Waals surface area contributed by atoms with E-state index in [1.54, 1.807) is 30.5 Å². The molecule has 1 amide bonds. The highest BCUT2D eigenvalue weighted by Crippen LogP contribution is 2.34. The summed E-state index contributed by atoms with van der Waals surface area (Å²) in [5.41, 5.74) is 1.83. The number of piperidine rings is 1. The van der Waals surface area contributed by atoms with Crippen molar-refractivity contribution in [3.63, 3.8) is 0 Å². The number of anilines is 2. The fourth-order valence-corrected chi connectivity index (χ4v) is 4.47. The van der Waals surface area contributed by atoms with Crippen LogP contribution in [0.2, 0.25) is 0 Å². The first-order chi connectivity index (χ1) is 16.0. The molecule has 0 radical (unpaired) electrons. The predicted molar refractivity (Wildman–Crippen MR) is 131 cm³/mol. The number of hydrogen-bond donors (Lipinski definition) is 1. The van der Waals surface area contributed by atoms with Crippen molar-refractivity contribution >= 4 is 46.4 Å². The normalized spacial score (nSPS) is 16.8. The molecule has 2 saturated heterocycles. The van der Waals surface area contributed by atoms with Crippen LogP contribution in [-0.4, -0.2) is 60.1 Å². The van der Waals surface area contributed by atoms with Crippen LogP contribution >= 0.6 is 12.2 Å². The summed E-state index contributed by atoms with van der Waals surface area (Å²) < 4.78 is 5.17. The molecule has 0 atom stereocenters. The molecule has 2 aliphatic heterocycles. The number of thiocarbonyl (C=S) groups is 1. The molecule has 3 heterocycles. The van der Waals surface area contributed by atoms with Gasteiger partial charge in [0.2, 0.25) is 5.91 Å². The van der Waals surface area contributed by atoms with Gasteiger partial charge in [0.25, 0.3) is 5.69 Å². The van der Waals surface area contributed by atoms with Crippen LogP contribution < -0.4 is 15.1 Å². The number of carbonyl (C=O) groups excluding carboxylic acids is 1. The highest BCUT2D eigenvalue weighted by molar-refractivity contribution is 7.80. The van der Waals surface area contributed by atoms with Crippen molar-refractivity contribution in [1.82, 2.24) is 10.2 Å². The van der Waals surface area contributed by atoms with Gasteiger partial charge < -0.3 is 19.1 Å². The smallest absolute Gasteiger partial charge is 0.292 e. The molecule has 0 bridgehead atoms. The first-order valence-corrected chi connectivity index (χ1v) is 11.5. The number of nitro groups is 1. The van der Waals surface area contributed by atoms with Crippen molar-refractivity contribution in [2.75, 3.05) is 49.1 Å². The van der Waals surface area contributed by atoms with Crippen LogP contribution in [0, 0.1) is 10.1 Å². The van der Waals surface area contributed by atoms with Gasteiger partial charge in [-0.25, -0.2) is 0 Å². The molecule has 174 valence electrons. The van der Waals surface area contributed by atoms with Gasteiger partial charge in [-0.1, -0.05) is 0 Å². The van der Waals surface area contributed by atoms with Gasteiger partial charge in [0.1, 0.15) is 11.4 Å². The maximum atomic E-state index is 12.1. The minimum absolute atomic E-state index is 0.158. The number of carbonyl (C=O) groups is 1. The van der Waals surface area contributed by atoms with Crippen molar-refractivity contribution in [3.8, 4) is 0 Å². The summed E-state index contributed by atoms with van der Waals surface area (Å²) in [6.07, 6.45) is 7.80. The first-order valence-electron chi connectivity index (χ1n) is 11.1. The van der Waals surface area contributed by atoms with Gasteiger partial charge in [-0.3, -0.25) is 20.2 Å². The second kappa shape index (κ2) is 10.5. The van der Waals surface area contributed by atoms with Crippen molar-refractivity contribution in [2.24, 2.45) is 0 Å². The Balaban J connectivity index is 1.35. The monoisotopic (exact) mass is 469 g/mol. The van der Waals surface area contributed by atoms with Crippen molar-refractivity contribution in [1.29, 1.82) is 0 Å². The summed E-state index contributed by atoms with van der Waals surface area (Å²) in [5, 5.41) is 14.7. The summed E-state index contributed by atoms with van der Waals surface area (Å²) in [7, 11) is 0. The summed E-state index contributed by atoms with van der Waals surface area (Å²) in [5.74, 6) is 0.289. The van der Waals surface area contributed by atoms with Gasteiger partial charge in [-0.05, 0) is 61.8 Å². The van der Waals surface area contributed by atoms with E-state index in [1.807, 2.05) is 17.0 Å². The lowest BCUT2D eigenvalue weighted by Gasteiger charge is -2.37. The Hall–Kier alpha value is -3.40. The SMILES string of the molecule is O=C(C=Cc1ccco1)NC(=S)N1CCN(c2ccc([N+](=O)[O-])c(N3CCCCC3)c2)CC1. The number of nitrogens with zero attached hydrogens (tertiary/aromatic N) is 4. The molecule has 2 fully saturated rings. The molecule has 9 nitrogen and oxygen atoms in total. The lowest BCUT2D eigenvalue weighted by Crippen LogP contribution is -2.52. The van der Waals surface area contributed by atoms with Crippen molar-refractivity contribution in [2.45, 2.75) is 19.3 Å². The summed E-state index contributed by atoms with van der Waals surface area (Å²) >= 11 is 5.41. The van der Waals surface area contributed by atoms with Crippen molar-refractivity contribution in [3.05, 3.63) is 58.5 Å². The number of benzene rings is 1. The molecule has 1 N–H and O–H groups in total. The first kappa shape index (κ1) is 22.8. The Morgan fingerprint density at radius 2 is 1.82 bits per heavy atom. The fraction of sp³-hybridized carbons (Fsp3) is 0.391. The van der Waals surface area contributed by atoms with Gasteiger partial charge >= 0.3 is 0 Å². The van der Waals surface area contributed by atoms with E-state index in [0.717, 1.165) is 31.6 Å². The molecule has 2 aliphatic rings. The minimum atomic E-state index is -0.305. The van der Waals surface area contributed by atoms with E-state index in [9.17, 15) is 14.9 Å². The lowest BCUT2D eigenvalue weighted by atomic mass is 10.1. The average Bonchev–Trinajstić information content (AvgIpc) is 3.37. The second-order valence-corrected chi connectivity index (χ2v) is 8.48. The highest BCUT2D eigenvalue weighted by Gasteiger charge is 2.25. The molecular weight excluding hydrogens is 442 g/mol. The fourth-order valence-electron chi connectivity index (χ4n) is 4.19. The van der Waals surface area contributed by atoms with Gasteiger partial charge in [0.05, 0.1) is 11.2 Å². The molecule has 1 aromatic heterocycles. The molecule has 0 spiro atoms. The number of amides is 1. The molecule has 1 aromatic carbocycles. The molecule has 33 heavy (non-hydrogen) atoms. The van der Waals surface area contributed by atoms with Crippen LogP contribution in [-0.2, 0) is 4.79 Å². The maximum Gasteiger partial charge on any atom is 0.292 e. The third-order valence-electron chi connectivity index (χ3n) is 5.96. The van der Waals surface area contributed by atoms with Gasteiger partial charge in [-0.15, -0.1) is 0 Å². The predicted octanol–water partition coefficient (Wildman–Crippen LogP) is 3.41. The Kier molecular flexibility index (Phi) is 7.23. The molecule has 0 unspecified atom stereocenters. The zero-order valence-electron chi connectivity index (χ0n) is 18.3. The van der Waals surface area contributed by atoms with Gasteiger partial charge in [0.15, 0.2) is 5.11 Å². The quantitative estimate of drug-likeness (QED) is 0.308. The molecule has 0 saturated carbocycles. The van der Waals surface area contributed by atoms with Gasteiger partial charge in [-0.2, -0.15) is 0 Å². The zero-order chi connectivity index (χ0) is 23.2. The summed E-state index contributed by atoms with van der Waals surface area (Å²) in [4.78, 5) is 29.7. The van der Waals surface area contributed by atoms with Crippen molar-refractivity contribution < 1.29 is 14.1 Å². The number of rotatable bonds is 5. The Bertz CT molecular complexity index is 1030. The highest BCUT2D eigenvalue weighted by atomic mass is 32.1. The Morgan fingerprint density at radius 3 is 2.48 bits per heavy atom. The van der Waals surface area contributed by atoms with E-state index in [1.165, 1.54) is 12.5 Å². The van der Waals surface area contributed by atoms with Crippen LogP contribution in [0.3, 0.4) is 0 Å². The number of nitro benzene ring substituents is 1. The van der Waals surface area contributed by atoms with Crippen LogP contribution in [0.25, 0.3) is 6.08 Å². The number of piperazine rings is 1. The number of hydrogen-bond acceptors (Lipinski definition) is 7. The van der Waals surface area contributed by atoms with Gasteiger partial charge in [0, 0.05) is 57.1 Å². The molecular formula is C23H27N5O4S. The van der Waals surface area contributed by atoms with E-state index < -0.39 is 0 Å². The van der Waals surface area contributed by atoms with E-state index in [2.05, 4.69) is 15.1 Å². The molecule has 10 heteroatoms. The topological polar surface area (TPSA) is 95.1 Å². The average molecular weight is 470 g/mol. The van der Waals surface area contributed by atoms with E-state index in [4.69, 9.17) is 16.6 Å². The van der Waals surface area contributed by atoms with E-state index >= 15 is 0 Å². The number of furan rings is 1. The largest absolute Gasteiger partial charge is 0.465 e. The standard InChI is InChI=1S/C23H27N5O4S/c29-22(9-7-19-5-4-16-32-19)24-23(33)27-14-12-25(13-15-27)18-6-8-20(28(30)31)21(17-18)26-10-2-1-3-11-26/h4-9,16-17H,1-3,10-15H2,(H,24,29,33). The summed E-state index contributed by atoms with van der Waals surface area (Å²) in [6, 6.07) is 8.89.